The predicted octanol–water partition coefficient (Wildman–Crippen LogP) is 1.68. The highest BCUT2D eigenvalue weighted by Crippen LogP contribution is 2.12. The zero-order valence-corrected chi connectivity index (χ0v) is 8.20. The largest absolute Gasteiger partial charge is 0.383 e. The number of nitrogens with zero attached hydrogens (tertiary/aromatic N) is 3. The quantitative estimate of drug-likeness (QED) is 0.780. The van der Waals surface area contributed by atoms with Gasteiger partial charge < -0.3 is 5.32 Å². The van der Waals surface area contributed by atoms with Crippen LogP contribution in [-0.2, 0) is 0 Å². The molecule has 2 aromatic heterocycles. The van der Waals surface area contributed by atoms with Crippen molar-refractivity contribution in [3.05, 3.63) is 24.8 Å². The van der Waals surface area contributed by atoms with Crippen molar-refractivity contribution < 1.29 is 0 Å². The molecule has 2 heterocycles. The second-order valence-corrected chi connectivity index (χ2v) is 3.14. The molecule has 0 radical (unpaired) electrons. The fourth-order valence-electron chi connectivity index (χ4n) is 1.15. The summed E-state index contributed by atoms with van der Waals surface area (Å²) < 4.78 is 0. The van der Waals surface area contributed by atoms with Gasteiger partial charge >= 0.3 is 0 Å². The minimum absolute atomic E-state index is 0.571. The molecule has 0 saturated carbocycles. The molecule has 14 heavy (non-hydrogen) atoms. The molecule has 0 atom stereocenters. The minimum atomic E-state index is 0.571. The molecule has 0 aliphatic heterocycles. The molecular formula is C9H9ClN4. The van der Waals surface area contributed by atoms with Crippen LogP contribution in [0.2, 0.25) is 0 Å². The standard InChI is InChI=1S/C9H9ClN4/c10-1-2-12-7-3-8-9(13-4-7)5-11-6-14-8/h3-6,12H,1-2H2. The molecule has 0 amide bonds. The summed E-state index contributed by atoms with van der Waals surface area (Å²) in [4.78, 5) is 12.2. The first-order valence-electron chi connectivity index (χ1n) is 4.26. The lowest BCUT2D eigenvalue weighted by molar-refractivity contribution is 1.18. The SMILES string of the molecule is ClCCNc1cnc2cncnc2c1. The van der Waals surface area contributed by atoms with Gasteiger partial charge in [0.15, 0.2) is 0 Å². The zero-order valence-electron chi connectivity index (χ0n) is 7.44. The van der Waals surface area contributed by atoms with Crippen molar-refractivity contribution in [2.45, 2.75) is 0 Å². The summed E-state index contributed by atoms with van der Waals surface area (Å²) >= 11 is 5.56. The number of aromatic nitrogens is 3. The number of halogens is 1. The highest BCUT2D eigenvalue weighted by atomic mass is 35.5. The topological polar surface area (TPSA) is 50.7 Å². The molecule has 2 rings (SSSR count). The molecule has 0 saturated heterocycles. The third-order valence-electron chi connectivity index (χ3n) is 1.78. The van der Waals surface area contributed by atoms with Crippen LogP contribution in [0.5, 0.6) is 0 Å². The molecule has 1 N–H and O–H groups in total. The van der Waals surface area contributed by atoms with Gasteiger partial charge in [-0.1, -0.05) is 0 Å². The number of alkyl halides is 1. The first-order chi connectivity index (χ1) is 6.90. The Kier molecular flexibility index (Phi) is 2.74. The van der Waals surface area contributed by atoms with E-state index in [2.05, 4.69) is 20.3 Å². The fourth-order valence-corrected chi connectivity index (χ4v) is 1.25. The number of hydrogen-bond donors (Lipinski definition) is 1. The molecular weight excluding hydrogens is 200 g/mol. The van der Waals surface area contributed by atoms with E-state index in [9.17, 15) is 0 Å². The third-order valence-corrected chi connectivity index (χ3v) is 1.97. The van der Waals surface area contributed by atoms with Gasteiger partial charge in [-0.3, -0.25) is 4.98 Å². The molecule has 5 heteroatoms. The number of nitrogens with one attached hydrogen (secondary N) is 1. The summed E-state index contributed by atoms with van der Waals surface area (Å²) in [6, 6.07) is 1.93. The van der Waals surface area contributed by atoms with Crippen LogP contribution in [-0.4, -0.2) is 27.4 Å². The van der Waals surface area contributed by atoms with Gasteiger partial charge in [-0.2, -0.15) is 0 Å². The highest BCUT2D eigenvalue weighted by Gasteiger charge is 1.97. The first kappa shape index (κ1) is 9.15. The van der Waals surface area contributed by atoms with Crippen LogP contribution in [0.1, 0.15) is 0 Å². The predicted molar refractivity (Wildman–Crippen MR) is 56.5 cm³/mol. The van der Waals surface area contributed by atoms with Crippen LogP contribution < -0.4 is 5.32 Å². The van der Waals surface area contributed by atoms with Gasteiger partial charge in [-0.25, -0.2) is 9.97 Å². The van der Waals surface area contributed by atoms with Gasteiger partial charge in [-0.05, 0) is 6.07 Å². The summed E-state index contributed by atoms with van der Waals surface area (Å²) in [7, 11) is 0. The fraction of sp³-hybridized carbons (Fsp3) is 0.222. The Bertz CT molecular complexity index is 432. The van der Waals surface area contributed by atoms with Gasteiger partial charge in [0, 0.05) is 12.4 Å². The summed E-state index contributed by atoms with van der Waals surface area (Å²) in [6.07, 6.45) is 4.95. The van der Waals surface area contributed by atoms with E-state index in [0.29, 0.717) is 5.88 Å². The van der Waals surface area contributed by atoms with Crippen molar-refractivity contribution in [2.24, 2.45) is 0 Å². The van der Waals surface area contributed by atoms with Gasteiger partial charge in [-0.15, -0.1) is 11.6 Å². The lowest BCUT2D eigenvalue weighted by atomic mass is 10.3. The molecule has 0 aliphatic carbocycles. The maximum atomic E-state index is 5.56. The van der Waals surface area contributed by atoms with Crippen molar-refractivity contribution >= 4 is 28.3 Å². The third kappa shape index (κ3) is 1.90. The molecule has 72 valence electrons. The first-order valence-corrected chi connectivity index (χ1v) is 4.79. The van der Waals surface area contributed by atoms with Gasteiger partial charge in [0.05, 0.1) is 23.6 Å². The molecule has 0 unspecified atom stereocenters. The number of pyridine rings is 1. The van der Waals surface area contributed by atoms with Gasteiger partial charge in [0.1, 0.15) is 11.8 Å². The van der Waals surface area contributed by atoms with Crippen molar-refractivity contribution in [1.29, 1.82) is 0 Å². The van der Waals surface area contributed by atoms with Crippen LogP contribution >= 0.6 is 11.6 Å². The molecule has 0 spiro atoms. The van der Waals surface area contributed by atoms with E-state index >= 15 is 0 Å². The van der Waals surface area contributed by atoms with Gasteiger partial charge in [0.2, 0.25) is 0 Å². The lowest BCUT2D eigenvalue weighted by Crippen LogP contribution is -2.02. The Hall–Kier alpha value is -1.42. The monoisotopic (exact) mass is 208 g/mol. The van der Waals surface area contributed by atoms with Crippen LogP contribution in [0.3, 0.4) is 0 Å². The maximum absolute atomic E-state index is 5.56. The lowest BCUT2D eigenvalue weighted by Gasteiger charge is -2.03. The second-order valence-electron chi connectivity index (χ2n) is 2.77. The summed E-state index contributed by atoms with van der Waals surface area (Å²) in [6.45, 7) is 0.722. The van der Waals surface area contributed by atoms with Gasteiger partial charge in [0.25, 0.3) is 0 Å². The average Bonchev–Trinajstić information content (AvgIpc) is 2.26. The van der Waals surface area contributed by atoms with Crippen LogP contribution in [0, 0.1) is 0 Å². The van der Waals surface area contributed by atoms with Crippen molar-refractivity contribution in [2.75, 3.05) is 17.7 Å². The Labute approximate surface area is 86.4 Å². The average molecular weight is 209 g/mol. The number of fused-ring (bicyclic) bond motifs is 1. The smallest absolute Gasteiger partial charge is 0.116 e. The number of anilines is 1. The Balaban J connectivity index is 2.32. The van der Waals surface area contributed by atoms with E-state index in [1.807, 2.05) is 6.07 Å². The molecule has 2 aromatic rings. The summed E-state index contributed by atoms with van der Waals surface area (Å²) in [5.74, 6) is 0.571. The van der Waals surface area contributed by atoms with E-state index in [1.165, 1.54) is 6.33 Å². The summed E-state index contributed by atoms with van der Waals surface area (Å²) in [5.41, 5.74) is 2.56. The van der Waals surface area contributed by atoms with Crippen LogP contribution in [0.15, 0.2) is 24.8 Å². The normalized spacial score (nSPS) is 10.4. The molecule has 0 aliphatic rings. The van der Waals surface area contributed by atoms with Crippen LogP contribution in [0.25, 0.3) is 11.0 Å². The zero-order chi connectivity index (χ0) is 9.80. The van der Waals surface area contributed by atoms with E-state index in [1.54, 1.807) is 12.4 Å². The van der Waals surface area contributed by atoms with Crippen molar-refractivity contribution in [3.63, 3.8) is 0 Å². The van der Waals surface area contributed by atoms with Crippen molar-refractivity contribution in [1.82, 2.24) is 15.0 Å². The Morgan fingerprint density at radius 1 is 1.21 bits per heavy atom. The minimum Gasteiger partial charge on any atom is -0.383 e. The van der Waals surface area contributed by atoms with E-state index < -0.39 is 0 Å². The molecule has 4 nitrogen and oxygen atoms in total. The molecule has 0 aromatic carbocycles. The Morgan fingerprint density at radius 3 is 3.00 bits per heavy atom. The second kappa shape index (κ2) is 4.19. The molecule has 0 bridgehead atoms. The van der Waals surface area contributed by atoms with Crippen molar-refractivity contribution in [3.8, 4) is 0 Å². The highest BCUT2D eigenvalue weighted by molar-refractivity contribution is 6.18. The maximum Gasteiger partial charge on any atom is 0.116 e. The number of hydrogen-bond acceptors (Lipinski definition) is 4. The van der Waals surface area contributed by atoms with E-state index in [0.717, 1.165) is 23.3 Å². The van der Waals surface area contributed by atoms with E-state index in [-0.39, 0.29) is 0 Å². The van der Waals surface area contributed by atoms with Crippen LogP contribution in [0.4, 0.5) is 5.69 Å². The molecule has 0 fully saturated rings. The van der Waals surface area contributed by atoms with E-state index in [4.69, 9.17) is 11.6 Å². The summed E-state index contributed by atoms with van der Waals surface area (Å²) in [5, 5.41) is 3.13. The Morgan fingerprint density at radius 2 is 2.14 bits per heavy atom. The number of rotatable bonds is 3.